The van der Waals surface area contributed by atoms with Gasteiger partial charge in [-0.2, -0.15) is 0 Å². The van der Waals surface area contributed by atoms with E-state index < -0.39 is 0 Å². The molecule has 0 amide bonds. The van der Waals surface area contributed by atoms with E-state index in [1.807, 2.05) is 58.0 Å². The van der Waals surface area contributed by atoms with Crippen LogP contribution in [0.5, 0.6) is 0 Å². The van der Waals surface area contributed by atoms with Gasteiger partial charge in [0.05, 0.1) is 5.02 Å². The Morgan fingerprint density at radius 2 is 1.53 bits per heavy atom. The monoisotopic (exact) mass is 272 g/mol. The molecule has 0 radical (unpaired) electrons. The maximum Gasteiger partial charge on any atom is 0.194 e. The second kappa shape index (κ2) is 5.18. The van der Waals surface area contributed by atoms with E-state index in [0.29, 0.717) is 10.6 Å². The second-order valence-corrected chi connectivity index (χ2v) is 5.40. The topological polar surface area (TPSA) is 17.1 Å². The van der Waals surface area contributed by atoms with Gasteiger partial charge in [-0.25, -0.2) is 0 Å². The van der Waals surface area contributed by atoms with Crippen LogP contribution in [0.4, 0.5) is 0 Å². The summed E-state index contributed by atoms with van der Waals surface area (Å²) in [6, 6.07) is 9.51. The molecule has 0 unspecified atom stereocenters. The summed E-state index contributed by atoms with van der Waals surface area (Å²) < 4.78 is 0. The van der Waals surface area contributed by atoms with Gasteiger partial charge >= 0.3 is 0 Å². The van der Waals surface area contributed by atoms with Crippen molar-refractivity contribution in [1.82, 2.24) is 0 Å². The Balaban J connectivity index is 2.56. The number of hydrogen-bond donors (Lipinski definition) is 0. The second-order valence-electron chi connectivity index (χ2n) is 4.99. The summed E-state index contributed by atoms with van der Waals surface area (Å²) in [6.45, 7) is 7.96. The minimum Gasteiger partial charge on any atom is -0.289 e. The minimum atomic E-state index is -0.00528. The Bertz CT molecular complexity index is 657. The fourth-order valence-electron chi connectivity index (χ4n) is 2.10. The number of carbonyl (C=O) groups excluding carboxylic acids is 1. The van der Waals surface area contributed by atoms with Crippen LogP contribution >= 0.6 is 11.6 Å². The van der Waals surface area contributed by atoms with Crippen LogP contribution in [0.1, 0.15) is 38.2 Å². The zero-order chi connectivity index (χ0) is 14.2. The number of halogens is 1. The zero-order valence-corrected chi connectivity index (χ0v) is 12.4. The minimum absolute atomic E-state index is 0.00528. The number of benzene rings is 2. The smallest absolute Gasteiger partial charge is 0.194 e. The number of carbonyl (C=O) groups is 1. The van der Waals surface area contributed by atoms with Crippen molar-refractivity contribution in [2.24, 2.45) is 0 Å². The molecule has 0 aromatic heterocycles. The molecule has 2 heteroatoms. The Kier molecular flexibility index (Phi) is 3.77. The summed E-state index contributed by atoms with van der Waals surface area (Å²) in [5.74, 6) is -0.00528. The highest BCUT2D eigenvalue weighted by Crippen LogP contribution is 2.25. The van der Waals surface area contributed by atoms with Crippen molar-refractivity contribution in [3.8, 4) is 0 Å². The fraction of sp³-hybridized carbons (Fsp3) is 0.235. The van der Waals surface area contributed by atoms with Crippen molar-refractivity contribution < 1.29 is 4.79 Å². The first kappa shape index (κ1) is 13.8. The van der Waals surface area contributed by atoms with E-state index in [-0.39, 0.29) is 5.78 Å². The average Bonchev–Trinajstić information content (AvgIpc) is 2.36. The third kappa shape index (κ3) is 2.57. The van der Waals surface area contributed by atoms with Gasteiger partial charge in [0.25, 0.3) is 0 Å². The third-order valence-electron chi connectivity index (χ3n) is 3.68. The maximum absolute atomic E-state index is 12.6. The largest absolute Gasteiger partial charge is 0.289 e. The molecule has 2 rings (SSSR count). The normalized spacial score (nSPS) is 10.6. The molecule has 0 fully saturated rings. The van der Waals surface area contributed by atoms with E-state index in [1.165, 1.54) is 0 Å². The van der Waals surface area contributed by atoms with Crippen LogP contribution in [0.15, 0.2) is 30.3 Å². The lowest BCUT2D eigenvalue weighted by Crippen LogP contribution is -2.06. The Labute approximate surface area is 119 Å². The summed E-state index contributed by atoms with van der Waals surface area (Å²) in [6.07, 6.45) is 0. The lowest BCUT2D eigenvalue weighted by Gasteiger charge is -2.11. The van der Waals surface area contributed by atoms with Gasteiger partial charge in [-0.3, -0.25) is 4.79 Å². The van der Waals surface area contributed by atoms with E-state index in [9.17, 15) is 4.79 Å². The predicted octanol–water partition coefficient (Wildman–Crippen LogP) is 4.80. The quantitative estimate of drug-likeness (QED) is 0.718. The number of ketones is 1. The van der Waals surface area contributed by atoms with Gasteiger partial charge in [-0.1, -0.05) is 29.8 Å². The fourth-order valence-corrected chi connectivity index (χ4v) is 2.40. The number of hydrogen-bond acceptors (Lipinski definition) is 1. The molecule has 0 saturated heterocycles. The van der Waals surface area contributed by atoms with Gasteiger partial charge in [-0.05, 0) is 62.1 Å². The van der Waals surface area contributed by atoms with Gasteiger partial charge in [0.15, 0.2) is 5.78 Å². The molecule has 19 heavy (non-hydrogen) atoms. The summed E-state index contributed by atoms with van der Waals surface area (Å²) in [7, 11) is 0. The highest BCUT2D eigenvalue weighted by atomic mass is 35.5. The predicted molar refractivity (Wildman–Crippen MR) is 80.3 cm³/mol. The molecular weight excluding hydrogens is 256 g/mol. The van der Waals surface area contributed by atoms with Crippen LogP contribution in [0.3, 0.4) is 0 Å². The summed E-state index contributed by atoms with van der Waals surface area (Å²) in [5, 5.41) is 0.522. The van der Waals surface area contributed by atoms with Crippen molar-refractivity contribution in [3.63, 3.8) is 0 Å². The lowest BCUT2D eigenvalue weighted by molar-refractivity contribution is 0.103. The van der Waals surface area contributed by atoms with E-state index in [1.54, 1.807) is 0 Å². The van der Waals surface area contributed by atoms with Crippen molar-refractivity contribution in [1.29, 1.82) is 0 Å². The molecule has 0 aliphatic heterocycles. The van der Waals surface area contributed by atoms with Gasteiger partial charge in [0, 0.05) is 11.1 Å². The Hall–Kier alpha value is -1.60. The summed E-state index contributed by atoms with van der Waals surface area (Å²) in [4.78, 5) is 12.6. The molecule has 1 nitrogen and oxygen atoms in total. The van der Waals surface area contributed by atoms with Crippen LogP contribution in [0.2, 0.25) is 5.02 Å². The van der Waals surface area contributed by atoms with E-state index in [4.69, 9.17) is 11.6 Å². The summed E-state index contributed by atoms with van der Waals surface area (Å²) >= 11 is 6.22. The van der Waals surface area contributed by atoms with Crippen molar-refractivity contribution in [2.75, 3.05) is 0 Å². The molecular formula is C17H17ClO. The van der Waals surface area contributed by atoms with Crippen LogP contribution in [0, 0.1) is 27.7 Å². The molecule has 0 saturated carbocycles. The van der Waals surface area contributed by atoms with E-state index in [2.05, 4.69) is 0 Å². The molecule has 2 aromatic rings. The zero-order valence-electron chi connectivity index (χ0n) is 11.7. The first-order chi connectivity index (χ1) is 8.91. The highest BCUT2D eigenvalue weighted by molar-refractivity contribution is 6.35. The lowest BCUT2D eigenvalue weighted by atomic mass is 9.94. The van der Waals surface area contributed by atoms with Gasteiger partial charge in [0.2, 0.25) is 0 Å². The van der Waals surface area contributed by atoms with Crippen molar-refractivity contribution in [2.45, 2.75) is 27.7 Å². The summed E-state index contributed by atoms with van der Waals surface area (Å²) in [5.41, 5.74) is 5.62. The van der Waals surface area contributed by atoms with Crippen LogP contribution in [0.25, 0.3) is 0 Å². The number of aryl methyl sites for hydroxylation is 3. The first-order valence-electron chi connectivity index (χ1n) is 6.29. The molecule has 98 valence electrons. The Morgan fingerprint density at radius 1 is 0.895 bits per heavy atom. The molecule has 0 atom stereocenters. The van der Waals surface area contributed by atoms with E-state index >= 15 is 0 Å². The van der Waals surface area contributed by atoms with Gasteiger partial charge < -0.3 is 0 Å². The SMILES string of the molecule is Cc1cc(Cl)c(C(=O)c2cccc(C)c2C)cc1C. The van der Waals surface area contributed by atoms with E-state index in [0.717, 1.165) is 27.8 Å². The standard InChI is InChI=1S/C17H17ClO/c1-10-6-5-7-14(13(10)4)17(19)15-8-11(2)12(3)9-16(15)18/h5-9H,1-4H3. The number of rotatable bonds is 2. The Morgan fingerprint density at radius 3 is 2.21 bits per heavy atom. The highest BCUT2D eigenvalue weighted by Gasteiger charge is 2.16. The molecule has 0 spiro atoms. The van der Waals surface area contributed by atoms with Crippen LogP contribution < -0.4 is 0 Å². The molecule has 0 aliphatic rings. The molecule has 0 N–H and O–H groups in total. The molecule has 0 heterocycles. The van der Waals surface area contributed by atoms with Crippen molar-refractivity contribution >= 4 is 17.4 Å². The van der Waals surface area contributed by atoms with Crippen LogP contribution in [-0.4, -0.2) is 5.78 Å². The molecule has 2 aromatic carbocycles. The van der Waals surface area contributed by atoms with Crippen LogP contribution in [-0.2, 0) is 0 Å². The molecule has 0 aliphatic carbocycles. The first-order valence-corrected chi connectivity index (χ1v) is 6.67. The van der Waals surface area contributed by atoms with Gasteiger partial charge in [-0.15, -0.1) is 0 Å². The average molecular weight is 273 g/mol. The van der Waals surface area contributed by atoms with Crippen molar-refractivity contribution in [3.05, 3.63) is 68.7 Å². The van der Waals surface area contributed by atoms with Gasteiger partial charge in [0.1, 0.15) is 0 Å². The third-order valence-corrected chi connectivity index (χ3v) is 3.99. The maximum atomic E-state index is 12.6. The molecule has 0 bridgehead atoms.